The maximum absolute atomic E-state index is 4.64. The molecule has 0 amide bonds. The van der Waals surface area contributed by atoms with Gasteiger partial charge in [-0.3, -0.25) is 0 Å². The van der Waals surface area contributed by atoms with E-state index in [2.05, 4.69) is 48.9 Å². The van der Waals surface area contributed by atoms with Crippen LogP contribution in [0.1, 0.15) is 20.3 Å². The van der Waals surface area contributed by atoms with Crippen LogP contribution in [0.15, 0.2) is 30.7 Å². The van der Waals surface area contributed by atoms with Crippen LogP contribution in [0.2, 0.25) is 0 Å². The molecule has 0 bridgehead atoms. The van der Waals surface area contributed by atoms with Crippen molar-refractivity contribution in [2.75, 3.05) is 47.8 Å². The molecule has 24 heavy (non-hydrogen) atoms. The highest BCUT2D eigenvalue weighted by molar-refractivity contribution is 5.45. The van der Waals surface area contributed by atoms with Crippen LogP contribution in [-0.4, -0.2) is 52.7 Å². The van der Waals surface area contributed by atoms with Crippen LogP contribution >= 0.6 is 0 Å². The molecule has 0 spiro atoms. The van der Waals surface area contributed by atoms with Crippen molar-refractivity contribution in [3.8, 4) is 0 Å². The first-order valence-electron chi connectivity index (χ1n) is 8.56. The topological polar surface area (TPSA) is 70.1 Å². The molecule has 1 N–H and O–H groups in total. The minimum atomic E-state index is 0.675. The Bertz CT molecular complexity index is 624. The van der Waals surface area contributed by atoms with Gasteiger partial charge in [-0.2, -0.15) is 4.98 Å². The van der Waals surface area contributed by atoms with E-state index in [-0.39, 0.29) is 0 Å². The second kappa shape index (κ2) is 7.90. The van der Waals surface area contributed by atoms with E-state index >= 15 is 0 Å². The molecular formula is C17H25N7. The molecule has 0 aliphatic carbocycles. The Morgan fingerprint density at radius 2 is 1.71 bits per heavy atom. The zero-order valence-electron chi connectivity index (χ0n) is 14.4. The number of rotatable bonds is 6. The fourth-order valence-electron chi connectivity index (χ4n) is 2.67. The Labute approximate surface area is 143 Å². The lowest BCUT2D eigenvalue weighted by Gasteiger charge is -2.35. The van der Waals surface area contributed by atoms with E-state index < -0.39 is 0 Å². The lowest BCUT2D eigenvalue weighted by Crippen LogP contribution is -2.47. The molecule has 128 valence electrons. The second-order valence-corrected chi connectivity index (χ2v) is 6.37. The van der Waals surface area contributed by atoms with E-state index in [1.54, 1.807) is 12.4 Å². The summed E-state index contributed by atoms with van der Waals surface area (Å²) in [5, 5.41) is 3.31. The highest BCUT2D eigenvalue weighted by atomic mass is 15.3. The zero-order valence-corrected chi connectivity index (χ0v) is 14.4. The third kappa shape index (κ3) is 4.31. The predicted octanol–water partition coefficient (Wildman–Crippen LogP) is 2.05. The van der Waals surface area contributed by atoms with Crippen molar-refractivity contribution in [1.29, 1.82) is 0 Å². The van der Waals surface area contributed by atoms with Gasteiger partial charge < -0.3 is 15.1 Å². The molecule has 3 rings (SSSR count). The first kappa shape index (κ1) is 16.4. The van der Waals surface area contributed by atoms with Crippen molar-refractivity contribution in [3.05, 3.63) is 30.7 Å². The molecule has 3 heterocycles. The van der Waals surface area contributed by atoms with Gasteiger partial charge in [0.25, 0.3) is 0 Å². The van der Waals surface area contributed by atoms with Gasteiger partial charge in [0, 0.05) is 51.3 Å². The third-order valence-corrected chi connectivity index (χ3v) is 4.08. The quantitative estimate of drug-likeness (QED) is 0.870. The molecule has 2 aromatic rings. The van der Waals surface area contributed by atoms with E-state index in [0.29, 0.717) is 11.9 Å². The summed E-state index contributed by atoms with van der Waals surface area (Å²) in [6.45, 7) is 8.93. The van der Waals surface area contributed by atoms with E-state index in [1.165, 1.54) is 0 Å². The fraction of sp³-hybridized carbons (Fsp3) is 0.529. The maximum Gasteiger partial charge on any atom is 0.225 e. The number of piperazine rings is 1. The first-order chi connectivity index (χ1) is 11.7. The number of nitrogens with one attached hydrogen (secondary N) is 1. The van der Waals surface area contributed by atoms with Crippen LogP contribution in [0.4, 0.5) is 17.7 Å². The molecule has 7 heteroatoms. The first-order valence-corrected chi connectivity index (χ1v) is 8.56. The smallest absolute Gasteiger partial charge is 0.225 e. The van der Waals surface area contributed by atoms with Crippen molar-refractivity contribution in [2.24, 2.45) is 5.92 Å². The Hall–Kier alpha value is -2.44. The van der Waals surface area contributed by atoms with Crippen LogP contribution in [0.3, 0.4) is 0 Å². The average Bonchev–Trinajstić information content (AvgIpc) is 2.63. The van der Waals surface area contributed by atoms with Gasteiger partial charge in [-0.15, -0.1) is 0 Å². The van der Waals surface area contributed by atoms with E-state index in [9.17, 15) is 0 Å². The third-order valence-electron chi connectivity index (χ3n) is 4.08. The summed E-state index contributed by atoms with van der Waals surface area (Å²) in [7, 11) is 0. The van der Waals surface area contributed by atoms with Gasteiger partial charge in [-0.05, 0) is 24.5 Å². The molecule has 7 nitrogen and oxygen atoms in total. The summed E-state index contributed by atoms with van der Waals surface area (Å²) in [5.41, 5.74) is 0. The van der Waals surface area contributed by atoms with Gasteiger partial charge in [0.15, 0.2) is 0 Å². The Morgan fingerprint density at radius 3 is 2.42 bits per heavy atom. The molecule has 1 fully saturated rings. The summed E-state index contributed by atoms with van der Waals surface area (Å²) in [4.78, 5) is 22.1. The molecule has 1 aliphatic rings. The van der Waals surface area contributed by atoms with Crippen molar-refractivity contribution in [3.63, 3.8) is 0 Å². The van der Waals surface area contributed by atoms with Crippen LogP contribution in [0.25, 0.3) is 0 Å². The fourth-order valence-corrected chi connectivity index (χ4v) is 2.67. The summed E-state index contributed by atoms with van der Waals surface area (Å²) in [6, 6.07) is 3.82. The Morgan fingerprint density at radius 1 is 1.00 bits per heavy atom. The summed E-state index contributed by atoms with van der Waals surface area (Å²) in [5.74, 6) is 3.16. The normalized spacial score (nSPS) is 15.0. The van der Waals surface area contributed by atoms with Crippen molar-refractivity contribution >= 4 is 17.7 Å². The van der Waals surface area contributed by atoms with Crippen LogP contribution in [0, 0.1) is 5.92 Å². The highest BCUT2D eigenvalue weighted by Crippen LogP contribution is 2.17. The number of hydrogen-bond acceptors (Lipinski definition) is 7. The van der Waals surface area contributed by atoms with Crippen LogP contribution in [0.5, 0.6) is 0 Å². The van der Waals surface area contributed by atoms with Gasteiger partial charge in [0.2, 0.25) is 11.9 Å². The maximum atomic E-state index is 4.64. The summed E-state index contributed by atoms with van der Waals surface area (Å²) >= 11 is 0. The molecule has 0 unspecified atom stereocenters. The number of aromatic nitrogens is 4. The highest BCUT2D eigenvalue weighted by Gasteiger charge is 2.20. The van der Waals surface area contributed by atoms with E-state index in [0.717, 1.165) is 50.9 Å². The molecular weight excluding hydrogens is 302 g/mol. The van der Waals surface area contributed by atoms with Crippen LogP contribution in [-0.2, 0) is 0 Å². The lowest BCUT2D eigenvalue weighted by molar-refractivity contribution is 0.605. The Kier molecular flexibility index (Phi) is 5.40. The van der Waals surface area contributed by atoms with Crippen molar-refractivity contribution in [1.82, 2.24) is 19.9 Å². The Balaban J connectivity index is 1.56. The summed E-state index contributed by atoms with van der Waals surface area (Å²) < 4.78 is 0. The van der Waals surface area contributed by atoms with Crippen molar-refractivity contribution in [2.45, 2.75) is 20.3 Å². The largest absolute Gasteiger partial charge is 0.354 e. The second-order valence-electron chi connectivity index (χ2n) is 6.37. The number of anilines is 3. The molecule has 1 aliphatic heterocycles. The van der Waals surface area contributed by atoms with Gasteiger partial charge in [-0.25, -0.2) is 15.0 Å². The number of nitrogens with zero attached hydrogens (tertiary/aromatic N) is 6. The van der Waals surface area contributed by atoms with Gasteiger partial charge in [0.1, 0.15) is 5.82 Å². The zero-order chi connectivity index (χ0) is 16.8. The van der Waals surface area contributed by atoms with Crippen LogP contribution < -0.4 is 15.1 Å². The summed E-state index contributed by atoms with van der Waals surface area (Å²) in [6.07, 6.45) is 6.51. The minimum Gasteiger partial charge on any atom is -0.354 e. The SMILES string of the molecule is CC(C)CCNc1nccc(N2CCN(c3ncccn3)CC2)n1. The predicted molar refractivity (Wildman–Crippen MR) is 96.4 cm³/mol. The molecule has 0 aromatic carbocycles. The van der Waals surface area contributed by atoms with E-state index in [1.807, 2.05) is 18.3 Å². The molecule has 0 saturated carbocycles. The molecule has 1 saturated heterocycles. The monoisotopic (exact) mass is 327 g/mol. The molecule has 0 radical (unpaired) electrons. The lowest BCUT2D eigenvalue weighted by atomic mass is 10.1. The standard InChI is InChI=1S/C17H25N7/c1-14(2)4-8-18-16-19-9-5-15(22-16)23-10-12-24(13-11-23)17-20-6-3-7-21-17/h3,5-7,9,14H,4,8,10-13H2,1-2H3,(H,18,19,22). The van der Waals surface area contributed by atoms with Crippen molar-refractivity contribution < 1.29 is 0 Å². The van der Waals surface area contributed by atoms with E-state index in [4.69, 9.17) is 0 Å². The molecule has 2 aromatic heterocycles. The molecule has 0 atom stereocenters. The average molecular weight is 327 g/mol. The minimum absolute atomic E-state index is 0.675. The van der Waals surface area contributed by atoms with Gasteiger partial charge in [-0.1, -0.05) is 13.8 Å². The number of hydrogen-bond donors (Lipinski definition) is 1. The van der Waals surface area contributed by atoms with Gasteiger partial charge in [0.05, 0.1) is 0 Å². The van der Waals surface area contributed by atoms with Gasteiger partial charge >= 0.3 is 0 Å².